The molecule has 1 nitrogen and oxygen atoms in total. The third-order valence-electron chi connectivity index (χ3n) is 2.70. The van der Waals surface area contributed by atoms with Crippen LogP contribution in [0.25, 0.3) is 0 Å². The van der Waals surface area contributed by atoms with Crippen molar-refractivity contribution >= 4 is 21.7 Å². The lowest BCUT2D eigenvalue weighted by Crippen LogP contribution is -2.15. The second kappa shape index (κ2) is 5.55. The van der Waals surface area contributed by atoms with Crippen molar-refractivity contribution in [2.75, 3.05) is 0 Å². The molecule has 21 heavy (non-hydrogen) atoms. The molecule has 2 rings (SSSR count). The van der Waals surface area contributed by atoms with Crippen molar-refractivity contribution in [2.45, 2.75) is 6.18 Å². The van der Waals surface area contributed by atoms with Gasteiger partial charge in [0.25, 0.3) is 0 Å². The molecule has 110 valence electrons. The fourth-order valence-electron chi connectivity index (χ4n) is 1.77. The maximum atomic E-state index is 13.5. The highest BCUT2D eigenvalue weighted by atomic mass is 79.9. The van der Waals surface area contributed by atoms with Crippen molar-refractivity contribution in [2.24, 2.45) is 0 Å². The average Bonchev–Trinajstić information content (AvgIpc) is 2.40. The van der Waals surface area contributed by atoms with Crippen LogP contribution in [0.5, 0.6) is 0 Å². The van der Waals surface area contributed by atoms with Crippen molar-refractivity contribution in [3.05, 3.63) is 69.2 Å². The minimum atomic E-state index is -4.79. The first-order valence-corrected chi connectivity index (χ1v) is 6.36. The van der Waals surface area contributed by atoms with Crippen LogP contribution in [0.15, 0.2) is 40.9 Å². The molecular weight excluding hydrogens is 359 g/mol. The molecule has 7 heteroatoms. The van der Waals surface area contributed by atoms with Gasteiger partial charge in [0, 0.05) is 10.0 Å². The summed E-state index contributed by atoms with van der Waals surface area (Å²) in [7, 11) is 0. The lowest BCUT2D eigenvalue weighted by molar-refractivity contribution is -0.137. The van der Waals surface area contributed by atoms with E-state index < -0.39 is 40.3 Å². The van der Waals surface area contributed by atoms with E-state index in [1.165, 1.54) is 6.07 Å². The van der Waals surface area contributed by atoms with Crippen LogP contribution in [0.2, 0.25) is 0 Å². The van der Waals surface area contributed by atoms with Gasteiger partial charge in [0.15, 0.2) is 5.78 Å². The number of hydrogen-bond donors (Lipinski definition) is 0. The molecule has 0 aliphatic carbocycles. The summed E-state index contributed by atoms with van der Waals surface area (Å²) in [4.78, 5) is 12.1. The normalized spacial score (nSPS) is 11.5. The van der Waals surface area contributed by atoms with Gasteiger partial charge in [0.05, 0.1) is 11.1 Å². The third kappa shape index (κ3) is 3.29. The number of halogens is 6. The van der Waals surface area contributed by atoms with E-state index in [9.17, 15) is 26.7 Å². The first-order valence-electron chi connectivity index (χ1n) is 5.56. The zero-order valence-electron chi connectivity index (χ0n) is 10.1. The first kappa shape index (κ1) is 15.6. The van der Waals surface area contributed by atoms with E-state index >= 15 is 0 Å². The summed E-state index contributed by atoms with van der Waals surface area (Å²) >= 11 is 2.87. The maximum Gasteiger partial charge on any atom is 0.417 e. The van der Waals surface area contributed by atoms with Crippen molar-refractivity contribution in [1.29, 1.82) is 0 Å². The fraction of sp³-hybridized carbons (Fsp3) is 0.0714. The minimum Gasteiger partial charge on any atom is -0.288 e. The fourth-order valence-corrected chi connectivity index (χ4v) is 2.13. The molecule has 0 fully saturated rings. The highest BCUT2D eigenvalue weighted by Gasteiger charge is 2.36. The van der Waals surface area contributed by atoms with Crippen LogP contribution >= 0.6 is 15.9 Å². The van der Waals surface area contributed by atoms with E-state index in [0.29, 0.717) is 18.2 Å². The predicted molar refractivity (Wildman–Crippen MR) is 68.9 cm³/mol. The Morgan fingerprint density at radius 1 is 0.952 bits per heavy atom. The molecule has 0 saturated carbocycles. The molecule has 0 radical (unpaired) electrons. The van der Waals surface area contributed by atoms with Gasteiger partial charge in [-0.05, 0) is 36.4 Å². The van der Waals surface area contributed by atoms with Crippen LogP contribution < -0.4 is 0 Å². The smallest absolute Gasteiger partial charge is 0.288 e. The first-order chi connectivity index (χ1) is 9.70. The number of rotatable bonds is 2. The van der Waals surface area contributed by atoms with E-state index in [4.69, 9.17) is 0 Å². The number of hydrogen-bond acceptors (Lipinski definition) is 1. The molecule has 0 atom stereocenters. The van der Waals surface area contributed by atoms with Crippen molar-refractivity contribution in [3.63, 3.8) is 0 Å². The third-order valence-corrected chi connectivity index (χ3v) is 3.20. The molecule has 0 aliphatic heterocycles. The van der Waals surface area contributed by atoms with Gasteiger partial charge < -0.3 is 0 Å². The Labute approximate surface area is 124 Å². The zero-order chi connectivity index (χ0) is 15.8. The van der Waals surface area contributed by atoms with Crippen LogP contribution in [0.1, 0.15) is 21.5 Å². The molecule has 2 aromatic rings. The Kier molecular flexibility index (Phi) is 4.13. The molecular formula is C14H6BrF5O. The number of ketones is 1. The Hall–Kier alpha value is -1.76. The minimum absolute atomic E-state index is 0.117. The highest BCUT2D eigenvalue weighted by Crippen LogP contribution is 2.35. The summed E-state index contributed by atoms with van der Waals surface area (Å²) < 4.78 is 65.6. The zero-order valence-corrected chi connectivity index (χ0v) is 11.7. The summed E-state index contributed by atoms with van der Waals surface area (Å²) in [6.07, 6.45) is -4.79. The average molecular weight is 365 g/mol. The van der Waals surface area contributed by atoms with Gasteiger partial charge in [-0.2, -0.15) is 13.2 Å². The molecule has 2 aromatic carbocycles. The Morgan fingerprint density at radius 3 is 2.24 bits per heavy atom. The molecule has 0 aliphatic rings. The van der Waals surface area contributed by atoms with Crippen LogP contribution in [-0.4, -0.2) is 5.78 Å². The van der Waals surface area contributed by atoms with Crippen LogP contribution in [0.3, 0.4) is 0 Å². The van der Waals surface area contributed by atoms with Crippen molar-refractivity contribution < 1.29 is 26.7 Å². The quantitative estimate of drug-likeness (QED) is 0.542. The molecule has 0 spiro atoms. The van der Waals surface area contributed by atoms with E-state index in [-0.39, 0.29) is 4.47 Å². The van der Waals surface area contributed by atoms with Crippen LogP contribution in [0.4, 0.5) is 22.0 Å². The number of alkyl halides is 3. The second-order valence-electron chi connectivity index (χ2n) is 4.14. The van der Waals surface area contributed by atoms with Gasteiger partial charge in [0.1, 0.15) is 11.6 Å². The lowest BCUT2D eigenvalue weighted by Gasteiger charge is -2.13. The van der Waals surface area contributed by atoms with Gasteiger partial charge in [-0.25, -0.2) is 8.78 Å². The SMILES string of the molecule is O=C(c1cc(F)ccc1F)c1ccc(Br)cc1C(F)(F)F. The van der Waals surface area contributed by atoms with Crippen LogP contribution in [0, 0.1) is 11.6 Å². The monoisotopic (exact) mass is 364 g/mol. The maximum absolute atomic E-state index is 13.5. The molecule has 0 aromatic heterocycles. The van der Waals surface area contributed by atoms with Gasteiger partial charge in [-0.3, -0.25) is 4.79 Å². The second-order valence-corrected chi connectivity index (χ2v) is 5.06. The molecule has 0 N–H and O–H groups in total. The summed E-state index contributed by atoms with van der Waals surface area (Å²) in [6.45, 7) is 0. The molecule has 0 amide bonds. The van der Waals surface area contributed by atoms with E-state index in [1.807, 2.05) is 0 Å². The molecule has 0 saturated heterocycles. The topological polar surface area (TPSA) is 17.1 Å². The van der Waals surface area contributed by atoms with Crippen LogP contribution in [-0.2, 0) is 6.18 Å². The van der Waals surface area contributed by atoms with E-state index in [0.717, 1.165) is 12.1 Å². The molecule has 0 bridgehead atoms. The Balaban J connectivity index is 2.61. The number of carbonyl (C=O) groups excluding carboxylic acids is 1. The largest absolute Gasteiger partial charge is 0.417 e. The molecule has 0 heterocycles. The summed E-state index contributed by atoms with van der Waals surface area (Å²) in [5, 5.41) is 0. The summed E-state index contributed by atoms with van der Waals surface area (Å²) in [6, 6.07) is 4.89. The van der Waals surface area contributed by atoms with Crippen molar-refractivity contribution in [3.8, 4) is 0 Å². The van der Waals surface area contributed by atoms with E-state index in [1.54, 1.807) is 0 Å². The van der Waals surface area contributed by atoms with Crippen molar-refractivity contribution in [1.82, 2.24) is 0 Å². The molecule has 0 unspecified atom stereocenters. The summed E-state index contributed by atoms with van der Waals surface area (Å²) in [5.74, 6) is -3.23. The van der Waals surface area contributed by atoms with Gasteiger partial charge >= 0.3 is 6.18 Å². The standard InChI is InChI=1S/C14H6BrF5O/c15-7-1-3-9(11(5-7)14(18,19)20)13(21)10-6-8(16)2-4-12(10)17/h1-6H. The van der Waals surface area contributed by atoms with Gasteiger partial charge in [-0.15, -0.1) is 0 Å². The van der Waals surface area contributed by atoms with E-state index in [2.05, 4.69) is 15.9 Å². The summed E-state index contributed by atoms with van der Waals surface area (Å²) in [5.41, 5.74) is -2.71. The number of carbonyl (C=O) groups is 1. The lowest BCUT2D eigenvalue weighted by atomic mass is 9.97. The van der Waals surface area contributed by atoms with Gasteiger partial charge in [-0.1, -0.05) is 15.9 Å². The number of benzene rings is 2. The van der Waals surface area contributed by atoms with Gasteiger partial charge in [0.2, 0.25) is 0 Å². The Bertz CT molecular complexity index is 709. The predicted octanol–water partition coefficient (Wildman–Crippen LogP) is 4.98. The Morgan fingerprint density at radius 2 is 1.62 bits per heavy atom. The highest BCUT2D eigenvalue weighted by molar-refractivity contribution is 9.10.